The van der Waals surface area contributed by atoms with Gasteiger partial charge in [-0.25, -0.2) is 8.42 Å². The Bertz CT molecular complexity index is 1170. The van der Waals surface area contributed by atoms with E-state index in [-0.39, 0.29) is 34.6 Å². The lowest BCUT2D eigenvalue weighted by Gasteiger charge is -2.18. The molecule has 2 heterocycles. The van der Waals surface area contributed by atoms with Gasteiger partial charge in [0.1, 0.15) is 0 Å². The molecule has 0 unspecified atom stereocenters. The number of nitrogens with zero attached hydrogens (tertiary/aromatic N) is 2. The first-order chi connectivity index (χ1) is 14.8. The number of hydrogen-bond donors (Lipinski definition) is 2. The van der Waals surface area contributed by atoms with Gasteiger partial charge >= 0.3 is 0 Å². The second kappa shape index (κ2) is 8.64. The Morgan fingerprint density at radius 1 is 1.13 bits per heavy atom. The molecule has 1 amide bonds. The number of aromatic nitrogens is 2. The fourth-order valence-electron chi connectivity index (χ4n) is 4.02. The molecule has 31 heavy (non-hydrogen) atoms. The van der Waals surface area contributed by atoms with Gasteiger partial charge in [-0.1, -0.05) is 42.5 Å². The highest BCUT2D eigenvalue weighted by molar-refractivity contribution is 7.90. The molecule has 7 nitrogen and oxygen atoms in total. The van der Waals surface area contributed by atoms with Crippen molar-refractivity contribution >= 4 is 15.7 Å². The molecule has 3 aromatic rings. The van der Waals surface area contributed by atoms with Crippen molar-refractivity contribution < 1.29 is 18.3 Å². The SMILES string of the molecule is Cc1cc(C[C@@H]2CN(C(=O)c3ccccc3S(=O)(=O)Cc3ccccc3)C[C@H]2O)n[nH]1. The number of aliphatic hydroxyl groups is 1. The summed E-state index contributed by atoms with van der Waals surface area (Å²) in [6.45, 7) is 2.42. The second-order valence-electron chi connectivity index (χ2n) is 8.02. The molecule has 1 saturated heterocycles. The summed E-state index contributed by atoms with van der Waals surface area (Å²) in [5.41, 5.74) is 2.58. The second-order valence-corrected chi connectivity index (χ2v) is 9.98. The van der Waals surface area contributed by atoms with Gasteiger partial charge in [0.2, 0.25) is 0 Å². The van der Waals surface area contributed by atoms with E-state index in [1.807, 2.05) is 19.1 Å². The number of aryl methyl sites for hydroxylation is 1. The van der Waals surface area contributed by atoms with Crippen molar-refractivity contribution in [3.8, 4) is 0 Å². The van der Waals surface area contributed by atoms with Crippen molar-refractivity contribution in [1.82, 2.24) is 15.1 Å². The summed E-state index contributed by atoms with van der Waals surface area (Å²) in [5, 5.41) is 17.6. The zero-order valence-corrected chi connectivity index (χ0v) is 18.0. The maximum Gasteiger partial charge on any atom is 0.255 e. The van der Waals surface area contributed by atoms with Crippen LogP contribution in [0.4, 0.5) is 0 Å². The Morgan fingerprint density at radius 3 is 2.55 bits per heavy atom. The molecule has 2 N–H and O–H groups in total. The fraction of sp³-hybridized carbons (Fsp3) is 0.304. The molecule has 1 aliphatic heterocycles. The molecule has 0 saturated carbocycles. The summed E-state index contributed by atoms with van der Waals surface area (Å²) in [6, 6.07) is 17.1. The average Bonchev–Trinajstić information content (AvgIpc) is 3.33. The number of hydrogen-bond acceptors (Lipinski definition) is 5. The van der Waals surface area contributed by atoms with Crippen LogP contribution in [0.15, 0.2) is 65.6 Å². The molecule has 162 valence electrons. The van der Waals surface area contributed by atoms with Crippen molar-refractivity contribution in [2.24, 2.45) is 5.92 Å². The van der Waals surface area contributed by atoms with Gasteiger partial charge in [0.25, 0.3) is 5.91 Å². The predicted octanol–water partition coefficient (Wildman–Crippen LogP) is 2.37. The van der Waals surface area contributed by atoms with Gasteiger partial charge in [-0.15, -0.1) is 0 Å². The first kappa shape index (κ1) is 21.3. The van der Waals surface area contributed by atoms with Gasteiger partial charge in [-0.05, 0) is 37.1 Å². The Hall–Kier alpha value is -2.97. The average molecular weight is 440 g/mol. The third-order valence-corrected chi connectivity index (χ3v) is 7.32. The van der Waals surface area contributed by atoms with Crippen LogP contribution in [0.1, 0.15) is 27.3 Å². The van der Waals surface area contributed by atoms with E-state index >= 15 is 0 Å². The topological polar surface area (TPSA) is 103 Å². The van der Waals surface area contributed by atoms with Crippen molar-refractivity contribution in [1.29, 1.82) is 0 Å². The number of H-pyrrole nitrogens is 1. The quantitative estimate of drug-likeness (QED) is 0.614. The minimum absolute atomic E-state index is 0.0183. The van der Waals surface area contributed by atoms with E-state index in [0.29, 0.717) is 18.5 Å². The normalized spacial score (nSPS) is 19.0. The molecule has 4 rings (SSSR count). The number of likely N-dealkylation sites (tertiary alicyclic amines) is 1. The molecule has 1 aliphatic rings. The molecule has 0 bridgehead atoms. The van der Waals surface area contributed by atoms with Gasteiger partial charge < -0.3 is 10.0 Å². The highest BCUT2D eigenvalue weighted by Gasteiger charge is 2.36. The summed E-state index contributed by atoms with van der Waals surface area (Å²) < 4.78 is 26.2. The molecule has 0 spiro atoms. The van der Waals surface area contributed by atoms with E-state index in [1.165, 1.54) is 17.0 Å². The number of carbonyl (C=O) groups is 1. The number of aromatic amines is 1. The van der Waals surface area contributed by atoms with Crippen molar-refractivity contribution in [2.45, 2.75) is 30.1 Å². The van der Waals surface area contributed by atoms with Gasteiger partial charge in [0.15, 0.2) is 9.84 Å². The Labute approximate surface area is 181 Å². The zero-order valence-electron chi connectivity index (χ0n) is 17.2. The molecule has 2 atom stereocenters. The Balaban J connectivity index is 1.54. The number of amides is 1. The summed E-state index contributed by atoms with van der Waals surface area (Å²) in [6.07, 6.45) is -0.141. The third-order valence-electron chi connectivity index (χ3n) is 5.58. The number of rotatable bonds is 6. The Kier molecular flexibility index (Phi) is 5.93. The number of aliphatic hydroxyl groups excluding tert-OH is 1. The summed E-state index contributed by atoms with van der Waals surface area (Å²) >= 11 is 0. The first-order valence-corrected chi connectivity index (χ1v) is 11.8. The van der Waals surface area contributed by atoms with E-state index in [2.05, 4.69) is 10.2 Å². The summed E-state index contributed by atoms with van der Waals surface area (Å²) in [4.78, 5) is 14.8. The van der Waals surface area contributed by atoms with E-state index in [0.717, 1.165) is 11.4 Å². The smallest absolute Gasteiger partial charge is 0.255 e. The summed E-state index contributed by atoms with van der Waals surface area (Å²) in [7, 11) is -3.72. The maximum atomic E-state index is 13.2. The van der Waals surface area contributed by atoms with Crippen LogP contribution < -0.4 is 0 Å². The van der Waals surface area contributed by atoms with E-state index in [1.54, 1.807) is 36.4 Å². The van der Waals surface area contributed by atoms with Crippen molar-refractivity contribution in [2.75, 3.05) is 13.1 Å². The number of sulfone groups is 1. The van der Waals surface area contributed by atoms with E-state index < -0.39 is 15.9 Å². The molecular weight excluding hydrogens is 414 g/mol. The number of carbonyl (C=O) groups excluding carboxylic acids is 1. The molecule has 0 aliphatic carbocycles. The minimum Gasteiger partial charge on any atom is -0.391 e. The van der Waals surface area contributed by atoms with Crippen molar-refractivity contribution in [3.05, 3.63) is 83.2 Å². The van der Waals surface area contributed by atoms with Crippen LogP contribution in [0.25, 0.3) is 0 Å². The van der Waals surface area contributed by atoms with Crippen LogP contribution in [0.5, 0.6) is 0 Å². The van der Waals surface area contributed by atoms with Crippen LogP contribution in [0.2, 0.25) is 0 Å². The molecule has 1 aromatic heterocycles. The molecule has 8 heteroatoms. The lowest BCUT2D eigenvalue weighted by molar-refractivity contribution is 0.0761. The number of nitrogens with one attached hydrogen (secondary N) is 1. The maximum absolute atomic E-state index is 13.2. The lowest BCUT2D eigenvalue weighted by Crippen LogP contribution is -2.31. The van der Waals surface area contributed by atoms with Crippen LogP contribution in [-0.2, 0) is 22.0 Å². The Morgan fingerprint density at radius 2 is 1.84 bits per heavy atom. The van der Waals surface area contributed by atoms with Gasteiger partial charge in [0, 0.05) is 24.7 Å². The minimum atomic E-state index is -3.72. The predicted molar refractivity (Wildman–Crippen MR) is 116 cm³/mol. The van der Waals surface area contributed by atoms with E-state index in [9.17, 15) is 18.3 Å². The molecular formula is C23H25N3O4S. The van der Waals surface area contributed by atoms with Crippen LogP contribution >= 0.6 is 0 Å². The lowest BCUT2D eigenvalue weighted by atomic mass is 10.0. The molecule has 0 radical (unpaired) electrons. The number of benzene rings is 2. The van der Waals surface area contributed by atoms with Gasteiger partial charge in [-0.3, -0.25) is 9.89 Å². The summed E-state index contributed by atoms with van der Waals surface area (Å²) in [5.74, 6) is -0.714. The van der Waals surface area contributed by atoms with Gasteiger partial charge in [-0.2, -0.15) is 5.10 Å². The largest absolute Gasteiger partial charge is 0.391 e. The molecule has 1 fully saturated rings. The molecule has 2 aromatic carbocycles. The van der Waals surface area contributed by atoms with Crippen molar-refractivity contribution in [3.63, 3.8) is 0 Å². The number of β-amino-alcohol motifs (C(OH)–C–C–N with tert-alkyl or cyclic N) is 1. The van der Waals surface area contributed by atoms with Crippen LogP contribution in [0, 0.1) is 12.8 Å². The van der Waals surface area contributed by atoms with Crippen LogP contribution in [0.3, 0.4) is 0 Å². The third kappa shape index (κ3) is 4.70. The van der Waals surface area contributed by atoms with Crippen LogP contribution in [-0.4, -0.2) is 53.7 Å². The zero-order chi connectivity index (χ0) is 22.0. The monoisotopic (exact) mass is 439 g/mol. The highest BCUT2D eigenvalue weighted by atomic mass is 32.2. The standard InChI is InChI=1S/C23H25N3O4S/c1-16-11-19(25-24-16)12-18-13-26(14-21(18)27)23(28)20-9-5-6-10-22(20)31(29,30)15-17-7-3-2-4-8-17/h2-11,18,21,27H,12-15H2,1H3,(H,24,25)/t18-,21-/m1/s1. The highest BCUT2D eigenvalue weighted by Crippen LogP contribution is 2.26. The van der Waals surface area contributed by atoms with Gasteiger partial charge in [0.05, 0.1) is 28.0 Å². The fourth-order valence-corrected chi connectivity index (χ4v) is 5.59. The van der Waals surface area contributed by atoms with E-state index in [4.69, 9.17) is 0 Å². The first-order valence-electron chi connectivity index (χ1n) is 10.2.